The van der Waals surface area contributed by atoms with E-state index in [1.165, 1.54) is 0 Å². The second kappa shape index (κ2) is 10.1. The van der Waals surface area contributed by atoms with E-state index in [1.54, 1.807) is 45.5 Å². The normalized spacial score (nSPS) is 9.68. The third kappa shape index (κ3) is 4.23. The molecule has 2 aromatic heterocycles. The summed E-state index contributed by atoms with van der Waals surface area (Å²) in [6.45, 7) is 0. The van der Waals surface area contributed by atoms with Crippen LogP contribution in [0, 0.1) is 72.3 Å². The van der Waals surface area contributed by atoms with Crippen LogP contribution in [0.3, 0.4) is 0 Å². The molecule has 0 radical (unpaired) electrons. The van der Waals surface area contributed by atoms with Gasteiger partial charge in [0.25, 0.3) is 0 Å². The Morgan fingerprint density at radius 3 is 1.32 bits per heavy atom. The Hall–Kier alpha value is -5.08. The molecule has 2 heterocycles. The molecule has 0 N–H and O–H groups in total. The molecule has 0 aliphatic heterocycles. The number of hydrogen-bond donors (Lipinski definition) is 0. The van der Waals surface area contributed by atoms with Gasteiger partial charge < -0.3 is 0 Å². The quantitative estimate of drug-likeness (QED) is 0.182. The molecular weight excluding hydrogens is 604 g/mol. The largest absolute Gasteiger partial charge is 0.288 e. The second-order valence-electron chi connectivity index (χ2n) is 7.80. The highest BCUT2D eigenvalue weighted by Crippen LogP contribution is 2.27. The van der Waals surface area contributed by atoms with Crippen molar-refractivity contribution in [3.63, 3.8) is 0 Å². The van der Waals surface area contributed by atoms with Gasteiger partial charge in [0.1, 0.15) is 0 Å². The standard InChI is InChI=1S/C32H10Br2N2O2/c1-3-5-7-9-15-35-27-13-11-21(33)17-23(27)31(37)25-20-30-26(19-29(25)35)32(38)24-18-22(34)12-14-28(24)36(30)16-10-8-6-4-2/h1-2,11-14,17-20H. The summed E-state index contributed by atoms with van der Waals surface area (Å²) >= 11 is 6.88. The van der Waals surface area contributed by atoms with E-state index in [2.05, 4.69) is 91.3 Å². The number of fused-ring (bicyclic) bond motifs is 4. The van der Waals surface area contributed by atoms with Crippen LogP contribution in [0.4, 0.5) is 0 Å². The van der Waals surface area contributed by atoms with Crippen molar-refractivity contribution < 1.29 is 0 Å². The molecule has 0 saturated heterocycles. The minimum atomic E-state index is -0.221. The Labute approximate surface area is 233 Å². The zero-order chi connectivity index (χ0) is 26.8. The first-order chi connectivity index (χ1) is 18.4. The highest BCUT2D eigenvalue weighted by molar-refractivity contribution is 9.10. The predicted molar refractivity (Wildman–Crippen MR) is 160 cm³/mol. The van der Waals surface area contributed by atoms with Crippen LogP contribution in [-0.4, -0.2) is 9.13 Å². The lowest BCUT2D eigenvalue weighted by Crippen LogP contribution is -2.13. The number of hydrogen-bond acceptors (Lipinski definition) is 2. The van der Waals surface area contributed by atoms with Crippen LogP contribution in [0.15, 0.2) is 67.1 Å². The third-order valence-corrected chi connectivity index (χ3v) is 6.69. The van der Waals surface area contributed by atoms with E-state index >= 15 is 0 Å². The number of pyridine rings is 2. The average molecular weight is 614 g/mol. The highest BCUT2D eigenvalue weighted by Gasteiger charge is 2.16. The van der Waals surface area contributed by atoms with Crippen molar-refractivity contribution in [3.8, 4) is 72.3 Å². The lowest BCUT2D eigenvalue weighted by atomic mass is 10.0. The van der Waals surface area contributed by atoms with Gasteiger partial charge in [-0.15, -0.1) is 12.8 Å². The monoisotopic (exact) mass is 612 g/mol. The van der Waals surface area contributed by atoms with Crippen molar-refractivity contribution in [1.82, 2.24) is 9.13 Å². The topological polar surface area (TPSA) is 44.0 Å². The van der Waals surface area contributed by atoms with Gasteiger partial charge in [0.15, 0.2) is 10.9 Å². The Balaban J connectivity index is 2.05. The summed E-state index contributed by atoms with van der Waals surface area (Å²) in [6.07, 6.45) is 10.4. The number of benzene rings is 3. The fourth-order valence-electron chi connectivity index (χ4n) is 4.17. The summed E-state index contributed by atoms with van der Waals surface area (Å²) in [7, 11) is 0. The van der Waals surface area contributed by atoms with Crippen molar-refractivity contribution in [1.29, 1.82) is 0 Å². The molecule has 5 aromatic rings. The molecule has 6 heteroatoms. The van der Waals surface area contributed by atoms with E-state index in [1.807, 2.05) is 12.1 Å². The highest BCUT2D eigenvalue weighted by atomic mass is 79.9. The smallest absolute Gasteiger partial charge is 0.197 e. The zero-order valence-corrected chi connectivity index (χ0v) is 22.4. The summed E-state index contributed by atoms with van der Waals surface area (Å²) < 4.78 is 4.75. The van der Waals surface area contributed by atoms with Crippen LogP contribution in [0.5, 0.6) is 0 Å². The van der Waals surface area contributed by atoms with Crippen molar-refractivity contribution >= 4 is 75.5 Å². The molecule has 5 rings (SSSR count). The summed E-state index contributed by atoms with van der Waals surface area (Å²) in [5.74, 6) is 20.0. The summed E-state index contributed by atoms with van der Waals surface area (Å²) in [4.78, 5) is 27.4. The van der Waals surface area contributed by atoms with Crippen molar-refractivity contribution in [2.45, 2.75) is 0 Å². The van der Waals surface area contributed by atoms with E-state index in [9.17, 15) is 9.59 Å². The number of nitrogens with zero attached hydrogens (tertiary/aromatic N) is 2. The van der Waals surface area contributed by atoms with Gasteiger partial charge in [0.05, 0.1) is 22.1 Å². The molecule has 0 amide bonds. The SMILES string of the molecule is C#CC#CC#Cn1c2ccc(Br)cc2c(=O)c2cc3c(cc21)c(=O)c1cc(Br)ccc1n3C#CC#CC#C. The third-order valence-electron chi connectivity index (χ3n) is 5.70. The summed E-state index contributed by atoms with van der Waals surface area (Å²) in [6, 6.07) is 19.9. The predicted octanol–water partition coefficient (Wildman–Crippen LogP) is 5.04. The van der Waals surface area contributed by atoms with Crippen LogP contribution >= 0.6 is 31.9 Å². The van der Waals surface area contributed by atoms with Gasteiger partial charge in [0, 0.05) is 66.3 Å². The van der Waals surface area contributed by atoms with Crippen molar-refractivity contribution in [3.05, 3.63) is 77.9 Å². The Morgan fingerprint density at radius 2 is 0.921 bits per heavy atom. The van der Waals surface area contributed by atoms with E-state index in [-0.39, 0.29) is 10.9 Å². The van der Waals surface area contributed by atoms with Crippen molar-refractivity contribution in [2.24, 2.45) is 0 Å². The van der Waals surface area contributed by atoms with Gasteiger partial charge in [-0.3, -0.25) is 18.7 Å². The van der Waals surface area contributed by atoms with Crippen LogP contribution in [-0.2, 0) is 0 Å². The Morgan fingerprint density at radius 1 is 0.526 bits per heavy atom. The molecule has 4 nitrogen and oxygen atoms in total. The van der Waals surface area contributed by atoms with Crippen LogP contribution < -0.4 is 10.9 Å². The van der Waals surface area contributed by atoms with Gasteiger partial charge >= 0.3 is 0 Å². The number of aromatic nitrogens is 2. The van der Waals surface area contributed by atoms with Gasteiger partial charge in [-0.25, -0.2) is 0 Å². The maximum Gasteiger partial charge on any atom is 0.197 e. The first kappa shape index (κ1) is 24.6. The lowest BCUT2D eigenvalue weighted by molar-refractivity contribution is 1.22. The fourth-order valence-corrected chi connectivity index (χ4v) is 4.90. The van der Waals surface area contributed by atoms with Crippen LogP contribution in [0.25, 0.3) is 43.6 Å². The van der Waals surface area contributed by atoms with Crippen LogP contribution in [0.1, 0.15) is 0 Å². The van der Waals surface area contributed by atoms with Crippen molar-refractivity contribution in [2.75, 3.05) is 0 Å². The minimum Gasteiger partial charge on any atom is -0.288 e. The molecular formula is C32H10Br2N2O2. The number of halogens is 2. The van der Waals surface area contributed by atoms with E-state index in [0.29, 0.717) is 43.6 Å². The van der Waals surface area contributed by atoms with Gasteiger partial charge in [-0.05, 0) is 72.2 Å². The van der Waals surface area contributed by atoms with Crippen LogP contribution in [0.2, 0.25) is 0 Å². The first-order valence-electron chi connectivity index (χ1n) is 10.8. The zero-order valence-electron chi connectivity index (χ0n) is 19.2. The maximum atomic E-state index is 13.7. The molecule has 3 aromatic carbocycles. The van der Waals surface area contributed by atoms with Gasteiger partial charge in [0.2, 0.25) is 0 Å². The van der Waals surface area contributed by atoms with E-state index < -0.39 is 0 Å². The summed E-state index contributed by atoms with van der Waals surface area (Å²) in [5.41, 5.74) is 1.58. The fraction of sp³-hybridized carbons (Fsp3) is 0. The number of rotatable bonds is 0. The number of terminal acetylenes is 2. The molecule has 0 saturated carbocycles. The molecule has 0 aliphatic rings. The van der Waals surface area contributed by atoms with E-state index in [0.717, 1.165) is 8.95 Å². The average Bonchev–Trinajstić information content (AvgIpc) is 2.92. The molecule has 0 bridgehead atoms. The van der Waals surface area contributed by atoms with Gasteiger partial charge in [-0.1, -0.05) is 31.9 Å². The Kier molecular flexibility index (Phi) is 6.55. The second-order valence-corrected chi connectivity index (χ2v) is 9.63. The first-order valence-corrected chi connectivity index (χ1v) is 12.4. The maximum absolute atomic E-state index is 13.7. The molecule has 0 aliphatic carbocycles. The van der Waals surface area contributed by atoms with E-state index in [4.69, 9.17) is 12.8 Å². The lowest BCUT2D eigenvalue weighted by Gasteiger charge is -2.13. The molecule has 38 heavy (non-hydrogen) atoms. The minimum absolute atomic E-state index is 0.221. The van der Waals surface area contributed by atoms with Gasteiger partial charge in [-0.2, -0.15) is 0 Å². The Bertz CT molecular complexity index is 2180. The molecule has 174 valence electrons. The molecule has 0 atom stereocenters. The molecule has 0 unspecified atom stereocenters. The summed E-state index contributed by atoms with van der Waals surface area (Å²) in [5, 5.41) is 1.58. The molecule has 0 spiro atoms. The molecule has 0 fully saturated rings.